The Hall–Kier alpha value is -2.08. The lowest BCUT2D eigenvalue weighted by atomic mass is 9.97. The number of nitrogens with one attached hydrogen (secondary N) is 1. The van der Waals surface area contributed by atoms with Crippen molar-refractivity contribution in [3.05, 3.63) is 23.8 Å². The maximum Gasteiger partial charge on any atom is 0.241 e. The fourth-order valence-electron chi connectivity index (χ4n) is 4.27. The smallest absolute Gasteiger partial charge is 0.241 e. The Balaban J connectivity index is 1.55. The van der Waals surface area contributed by atoms with E-state index in [-0.39, 0.29) is 11.8 Å². The number of rotatable bonds is 7. The van der Waals surface area contributed by atoms with Gasteiger partial charge in [0, 0.05) is 31.7 Å². The van der Waals surface area contributed by atoms with Gasteiger partial charge in [0.25, 0.3) is 0 Å². The minimum Gasteiger partial charge on any atom is -0.497 e. The number of aryl methyl sites for hydroxylation is 1. The largest absolute Gasteiger partial charge is 0.497 e. The molecule has 3 rings (SSSR count). The quantitative estimate of drug-likeness (QED) is 0.781. The molecule has 28 heavy (non-hydrogen) atoms. The van der Waals surface area contributed by atoms with Crippen molar-refractivity contribution < 1.29 is 14.3 Å². The third-order valence-electron chi connectivity index (χ3n) is 5.73. The molecule has 2 heterocycles. The predicted molar refractivity (Wildman–Crippen MR) is 111 cm³/mol. The van der Waals surface area contributed by atoms with Crippen molar-refractivity contribution in [1.82, 2.24) is 10.2 Å². The third kappa shape index (κ3) is 5.25. The second-order valence-corrected chi connectivity index (χ2v) is 7.94. The maximum absolute atomic E-state index is 13.0. The number of ether oxygens (including phenoxy) is 1. The first-order chi connectivity index (χ1) is 13.6. The molecule has 154 valence electrons. The lowest BCUT2D eigenvalue weighted by Gasteiger charge is -2.35. The van der Waals surface area contributed by atoms with E-state index in [1.807, 2.05) is 30.0 Å². The molecule has 0 saturated carbocycles. The number of anilines is 1. The summed E-state index contributed by atoms with van der Waals surface area (Å²) in [6, 6.07) is 5.98. The zero-order chi connectivity index (χ0) is 19.9. The molecule has 0 radical (unpaired) electrons. The highest BCUT2D eigenvalue weighted by atomic mass is 16.5. The molecule has 1 aromatic carbocycles. The van der Waals surface area contributed by atoms with Gasteiger partial charge in [0.15, 0.2) is 0 Å². The number of carbonyl (C=O) groups excluding carboxylic acids is 2. The number of piperidine rings is 1. The SMILES string of the molecule is CCCC(=O)NCC1CCCN(CC(=O)N2CCCc3cc(OC)ccc32)C1. The molecule has 2 amide bonds. The average Bonchev–Trinajstić information content (AvgIpc) is 2.72. The van der Waals surface area contributed by atoms with Gasteiger partial charge in [0.2, 0.25) is 11.8 Å². The summed E-state index contributed by atoms with van der Waals surface area (Å²) in [5.74, 6) is 1.58. The number of amides is 2. The fraction of sp³-hybridized carbons (Fsp3) is 0.636. The molecule has 0 spiro atoms. The second-order valence-electron chi connectivity index (χ2n) is 7.94. The summed E-state index contributed by atoms with van der Waals surface area (Å²) in [6.07, 6.45) is 5.63. The highest BCUT2D eigenvalue weighted by molar-refractivity contribution is 5.96. The molecule has 6 nitrogen and oxygen atoms in total. The molecule has 1 fully saturated rings. The number of benzene rings is 1. The van der Waals surface area contributed by atoms with Gasteiger partial charge in [-0.1, -0.05) is 6.92 Å². The van der Waals surface area contributed by atoms with Crippen molar-refractivity contribution >= 4 is 17.5 Å². The second kappa shape index (κ2) is 9.92. The predicted octanol–water partition coefficient (Wildman–Crippen LogP) is 2.60. The number of hydrogen-bond acceptors (Lipinski definition) is 4. The Morgan fingerprint density at radius 3 is 2.89 bits per heavy atom. The van der Waals surface area contributed by atoms with E-state index in [2.05, 4.69) is 10.2 Å². The lowest BCUT2D eigenvalue weighted by Crippen LogP contribution is -2.47. The van der Waals surface area contributed by atoms with Crippen LogP contribution >= 0.6 is 0 Å². The molecule has 1 unspecified atom stereocenters. The summed E-state index contributed by atoms with van der Waals surface area (Å²) in [5.41, 5.74) is 2.21. The number of methoxy groups -OCH3 is 1. The van der Waals surface area contributed by atoms with Crippen molar-refractivity contribution in [2.45, 2.75) is 45.4 Å². The molecule has 2 aliphatic heterocycles. The average molecular weight is 388 g/mol. The number of fused-ring (bicyclic) bond motifs is 1. The topological polar surface area (TPSA) is 61.9 Å². The van der Waals surface area contributed by atoms with Crippen LogP contribution in [0.1, 0.15) is 44.6 Å². The van der Waals surface area contributed by atoms with Crippen LogP contribution in [0, 0.1) is 5.92 Å². The zero-order valence-corrected chi connectivity index (χ0v) is 17.2. The molecule has 1 saturated heterocycles. The van der Waals surface area contributed by atoms with Gasteiger partial charge < -0.3 is 15.0 Å². The molecular formula is C22H33N3O3. The summed E-state index contributed by atoms with van der Waals surface area (Å²) >= 11 is 0. The van der Waals surface area contributed by atoms with Crippen LogP contribution in [0.3, 0.4) is 0 Å². The number of carbonyl (C=O) groups is 2. The normalized spacial score (nSPS) is 19.8. The van der Waals surface area contributed by atoms with Gasteiger partial charge in [0.05, 0.1) is 13.7 Å². The zero-order valence-electron chi connectivity index (χ0n) is 17.2. The number of likely N-dealkylation sites (tertiary alicyclic amines) is 1. The van der Waals surface area contributed by atoms with Crippen molar-refractivity contribution in [1.29, 1.82) is 0 Å². The molecule has 0 bridgehead atoms. The number of nitrogens with zero attached hydrogens (tertiary/aromatic N) is 2. The van der Waals surface area contributed by atoms with E-state index in [0.717, 1.165) is 69.7 Å². The van der Waals surface area contributed by atoms with Crippen LogP contribution in [0.4, 0.5) is 5.69 Å². The molecule has 2 aliphatic rings. The molecule has 1 atom stereocenters. The molecule has 0 aromatic heterocycles. The van der Waals surface area contributed by atoms with Gasteiger partial charge in [-0.05, 0) is 68.3 Å². The first-order valence-electron chi connectivity index (χ1n) is 10.6. The van der Waals surface area contributed by atoms with E-state index in [4.69, 9.17) is 4.74 Å². The first-order valence-corrected chi connectivity index (χ1v) is 10.6. The Morgan fingerprint density at radius 2 is 2.11 bits per heavy atom. The fourth-order valence-corrected chi connectivity index (χ4v) is 4.27. The highest BCUT2D eigenvalue weighted by Crippen LogP contribution is 2.30. The minimum atomic E-state index is 0.135. The third-order valence-corrected chi connectivity index (χ3v) is 5.73. The van der Waals surface area contributed by atoms with Crippen LogP contribution in [0.2, 0.25) is 0 Å². The number of hydrogen-bond donors (Lipinski definition) is 1. The highest BCUT2D eigenvalue weighted by Gasteiger charge is 2.27. The van der Waals surface area contributed by atoms with E-state index in [1.165, 1.54) is 5.56 Å². The Morgan fingerprint density at radius 1 is 1.25 bits per heavy atom. The minimum absolute atomic E-state index is 0.135. The summed E-state index contributed by atoms with van der Waals surface area (Å²) in [7, 11) is 1.67. The first kappa shape index (κ1) is 20.6. The van der Waals surface area contributed by atoms with Crippen LogP contribution in [-0.2, 0) is 16.0 Å². The molecule has 1 N–H and O–H groups in total. The Bertz CT molecular complexity index is 692. The maximum atomic E-state index is 13.0. The Kier molecular flexibility index (Phi) is 7.31. The van der Waals surface area contributed by atoms with Crippen molar-refractivity contribution in [2.75, 3.05) is 44.7 Å². The van der Waals surface area contributed by atoms with Gasteiger partial charge in [-0.2, -0.15) is 0 Å². The van der Waals surface area contributed by atoms with E-state index >= 15 is 0 Å². The summed E-state index contributed by atoms with van der Waals surface area (Å²) < 4.78 is 5.32. The summed E-state index contributed by atoms with van der Waals surface area (Å²) in [6.45, 7) is 5.79. The van der Waals surface area contributed by atoms with Gasteiger partial charge in [0.1, 0.15) is 5.75 Å². The van der Waals surface area contributed by atoms with Crippen LogP contribution in [0.25, 0.3) is 0 Å². The van der Waals surface area contributed by atoms with Gasteiger partial charge in [-0.25, -0.2) is 0 Å². The molecule has 6 heteroatoms. The Labute approximate surface area is 168 Å². The van der Waals surface area contributed by atoms with E-state index in [1.54, 1.807) is 7.11 Å². The van der Waals surface area contributed by atoms with Gasteiger partial charge in [-0.3, -0.25) is 14.5 Å². The van der Waals surface area contributed by atoms with Crippen molar-refractivity contribution in [2.24, 2.45) is 5.92 Å². The van der Waals surface area contributed by atoms with E-state index < -0.39 is 0 Å². The van der Waals surface area contributed by atoms with Crippen molar-refractivity contribution in [3.8, 4) is 5.75 Å². The standard InChI is InChI=1S/C22H33N3O3/c1-3-6-21(26)23-14-17-7-4-11-24(15-17)16-22(27)25-12-5-8-18-13-19(28-2)9-10-20(18)25/h9-10,13,17H,3-8,11-12,14-16H2,1-2H3,(H,23,26). The van der Waals surface area contributed by atoms with Crippen LogP contribution < -0.4 is 15.0 Å². The summed E-state index contributed by atoms with van der Waals surface area (Å²) in [5, 5.41) is 3.04. The molecule has 1 aromatic rings. The van der Waals surface area contributed by atoms with Gasteiger partial charge >= 0.3 is 0 Å². The van der Waals surface area contributed by atoms with Crippen LogP contribution in [0.15, 0.2) is 18.2 Å². The summed E-state index contributed by atoms with van der Waals surface area (Å²) in [4.78, 5) is 28.9. The molecule has 0 aliphatic carbocycles. The van der Waals surface area contributed by atoms with Crippen LogP contribution in [-0.4, -0.2) is 56.5 Å². The molecular weight excluding hydrogens is 354 g/mol. The van der Waals surface area contributed by atoms with E-state index in [9.17, 15) is 9.59 Å². The lowest BCUT2D eigenvalue weighted by molar-refractivity contribution is -0.122. The monoisotopic (exact) mass is 387 g/mol. The van der Waals surface area contributed by atoms with E-state index in [0.29, 0.717) is 18.9 Å². The van der Waals surface area contributed by atoms with Crippen LogP contribution in [0.5, 0.6) is 5.75 Å². The van der Waals surface area contributed by atoms with Gasteiger partial charge in [-0.15, -0.1) is 0 Å². The van der Waals surface area contributed by atoms with Crippen molar-refractivity contribution in [3.63, 3.8) is 0 Å².